The summed E-state index contributed by atoms with van der Waals surface area (Å²) in [5.41, 5.74) is -1.33. The monoisotopic (exact) mass is 368 g/mol. The van der Waals surface area contributed by atoms with E-state index in [1.807, 2.05) is 0 Å². The van der Waals surface area contributed by atoms with Gasteiger partial charge < -0.3 is 55.4 Å². The normalized spacial score (nSPS) is 62.2. The summed E-state index contributed by atoms with van der Waals surface area (Å²) in [5.74, 6) is -0.870. The number of hydrogen-bond acceptors (Lipinski definition) is 11. The van der Waals surface area contributed by atoms with Crippen molar-refractivity contribution < 1.29 is 55.4 Å². The predicted molar refractivity (Wildman–Crippen MR) is 75.7 cm³/mol. The van der Waals surface area contributed by atoms with E-state index in [1.165, 1.54) is 6.92 Å². The van der Waals surface area contributed by atoms with E-state index in [0.29, 0.717) is 0 Å². The maximum atomic E-state index is 10.1. The number of fused-ring (bicyclic) bond motifs is 1. The third kappa shape index (κ3) is 2.80. The highest BCUT2D eigenvalue weighted by Crippen LogP contribution is 2.53. The van der Waals surface area contributed by atoms with Gasteiger partial charge in [-0.05, 0) is 6.92 Å². The van der Waals surface area contributed by atoms with E-state index in [0.717, 1.165) is 0 Å². The lowest BCUT2D eigenvalue weighted by atomic mass is 9.85. The first-order valence-electron chi connectivity index (χ1n) is 7.98. The zero-order valence-corrected chi connectivity index (χ0v) is 13.3. The lowest BCUT2D eigenvalue weighted by Gasteiger charge is -2.43. The number of aliphatic hydroxyl groups is 9. The molecule has 11 nitrogen and oxygen atoms in total. The minimum atomic E-state index is -1.84. The molecule has 0 aromatic heterocycles. The van der Waals surface area contributed by atoms with E-state index in [2.05, 4.69) is 0 Å². The highest BCUT2D eigenvalue weighted by Gasteiger charge is 2.70. The predicted octanol–water partition coefficient (Wildman–Crippen LogP) is -5.62. The van der Waals surface area contributed by atoms with Gasteiger partial charge in [-0.2, -0.15) is 0 Å². The summed E-state index contributed by atoms with van der Waals surface area (Å²) in [5, 5.41) is 89.0. The van der Waals surface area contributed by atoms with E-state index in [1.54, 1.807) is 0 Å². The van der Waals surface area contributed by atoms with Crippen molar-refractivity contribution in [3.8, 4) is 0 Å². The minimum Gasteiger partial charge on any atom is -0.390 e. The molecule has 2 aliphatic carbocycles. The molecule has 3 rings (SSSR count). The molecule has 1 aliphatic heterocycles. The molecule has 146 valence electrons. The van der Waals surface area contributed by atoms with Crippen LogP contribution >= 0.6 is 0 Å². The van der Waals surface area contributed by atoms with Crippen molar-refractivity contribution in [1.82, 2.24) is 0 Å². The first kappa shape index (κ1) is 19.3. The van der Waals surface area contributed by atoms with Gasteiger partial charge >= 0.3 is 0 Å². The van der Waals surface area contributed by atoms with Crippen LogP contribution in [0.5, 0.6) is 0 Å². The zero-order chi connectivity index (χ0) is 18.8. The SMILES string of the molecule is C[C@@]12O[C@@H](OC3[C@H](O)[C@H](O)C(O)[C@@H](O)[C@H]3O)[C@@H](O)[C@@H](O)[C@H](O)C1C2O. The lowest BCUT2D eigenvalue weighted by Crippen LogP contribution is -2.65. The van der Waals surface area contributed by atoms with Crippen molar-refractivity contribution in [3.63, 3.8) is 0 Å². The molecule has 0 amide bonds. The van der Waals surface area contributed by atoms with Gasteiger partial charge in [0.2, 0.25) is 0 Å². The molecule has 11 heteroatoms. The number of rotatable bonds is 2. The first-order valence-corrected chi connectivity index (χ1v) is 7.98. The minimum absolute atomic E-state index is 0.870. The molecular weight excluding hydrogens is 344 g/mol. The molecule has 11 atom stereocenters. The van der Waals surface area contributed by atoms with E-state index < -0.39 is 78.8 Å². The molecule has 0 spiro atoms. The summed E-state index contributed by atoms with van der Waals surface area (Å²) in [6.45, 7) is 1.42. The maximum absolute atomic E-state index is 10.1. The smallest absolute Gasteiger partial charge is 0.187 e. The Bertz CT molecular complexity index is 489. The second kappa shape index (κ2) is 6.32. The summed E-state index contributed by atoms with van der Waals surface area (Å²) >= 11 is 0. The Morgan fingerprint density at radius 2 is 1.08 bits per heavy atom. The average molecular weight is 368 g/mol. The molecule has 25 heavy (non-hydrogen) atoms. The van der Waals surface area contributed by atoms with Gasteiger partial charge in [0.1, 0.15) is 54.4 Å². The molecule has 0 aromatic rings. The Balaban J connectivity index is 1.81. The molecule has 0 aromatic carbocycles. The second-order valence-corrected chi connectivity index (χ2v) is 7.17. The van der Waals surface area contributed by atoms with Crippen molar-refractivity contribution in [2.45, 2.75) is 79.9 Å². The van der Waals surface area contributed by atoms with Gasteiger partial charge in [-0.15, -0.1) is 0 Å². The molecule has 9 N–H and O–H groups in total. The van der Waals surface area contributed by atoms with Gasteiger partial charge in [-0.25, -0.2) is 0 Å². The van der Waals surface area contributed by atoms with Crippen LogP contribution in [0.4, 0.5) is 0 Å². The molecule has 0 bridgehead atoms. The van der Waals surface area contributed by atoms with Gasteiger partial charge in [0, 0.05) is 5.92 Å². The lowest BCUT2D eigenvalue weighted by molar-refractivity contribution is -0.307. The van der Waals surface area contributed by atoms with E-state index in [9.17, 15) is 46.0 Å². The first-order chi connectivity index (χ1) is 11.5. The quantitative estimate of drug-likeness (QED) is 0.225. The van der Waals surface area contributed by atoms with Crippen LogP contribution in [-0.4, -0.2) is 119 Å². The third-order valence-electron chi connectivity index (χ3n) is 5.56. The fourth-order valence-corrected chi connectivity index (χ4v) is 3.69. The van der Waals surface area contributed by atoms with Crippen molar-refractivity contribution in [2.75, 3.05) is 0 Å². The van der Waals surface area contributed by atoms with Gasteiger partial charge in [-0.3, -0.25) is 0 Å². The van der Waals surface area contributed by atoms with Crippen molar-refractivity contribution >= 4 is 0 Å². The van der Waals surface area contributed by atoms with E-state index in [-0.39, 0.29) is 0 Å². The number of aliphatic hydroxyl groups excluding tert-OH is 9. The molecule has 1 saturated heterocycles. The van der Waals surface area contributed by atoms with Crippen LogP contribution in [0.15, 0.2) is 0 Å². The van der Waals surface area contributed by atoms with Gasteiger partial charge in [0.05, 0.1) is 12.2 Å². The standard InChI is InChI=1S/C14H24O11/c1-14-2(12(14)23)3(15)4(16)10(22)13(25-14)24-11-8(20)6(18)5(17)7(19)9(11)21/h2-13,15-23H,1H3/t2?,3-,4+,5?,6-,7-,8-,9-,10+,11?,12?,13-,14-/m1/s1. The average Bonchev–Trinajstić information content (AvgIpc) is 3.13. The summed E-state index contributed by atoms with van der Waals surface area (Å²) < 4.78 is 10.7. The Morgan fingerprint density at radius 1 is 0.640 bits per heavy atom. The summed E-state index contributed by atoms with van der Waals surface area (Å²) in [6.07, 6.45) is -18.7. The summed E-state index contributed by atoms with van der Waals surface area (Å²) in [7, 11) is 0. The van der Waals surface area contributed by atoms with Crippen LogP contribution in [0.1, 0.15) is 6.92 Å². The van der Waals surface area contributed by atoms with Crippen molar-refractivity contribution in [2.24, 2.45) is 5.92 Å². The Morgan fingerprint density at radius 3 is 1.60 bits per heavy atom. The van der Waals surface area contributed by atoms with Crippen molar-refractivity contribution in [1.29, 1.82) is 0 Å². The van der Waals surface area contributed by atoms with Crippen LogP contribution in [0.2, 0.25) is 0 Å². The fraction of sp³-hybridized carbons (Fsp3) is 1.00. The largest absolute Gasteiger partial charge is 0.390 e. The van der Waals surface area contributed by atoms with Crippen LogP contribution in [-0.2, 0) is 9.47 Å². The Hall–Kier alpha value is -0.440. The molecule has 2 unspecified atom stereocenters. The molecule has 3 aliphatic rings. The fourth-order valence-electron chi connectivity index (χ4n) is 3.69. The van der Waals surface area contributed by atoms with Gasteiger partial charge in [0.25, 0.3) is 0 Å². The summed E-state index contributed by atoms with van der Waals surface area (Å²) in [4.78, 5) is 0. The van der Waals surface area contributed by atoms with Crippen LogP contribution in [0.3, 0.4) is 0 Å². The number of hydrogen-bond donors (Lipinski definition) is 9. The molecule has 2 saturated carbocycles. The molecular formula is C14H24O11. The Labute approximate surface area is 142 Å². The van der Waals surface area contributed by atoms with Crippen LogP contribution in [0, 0.1) is 5.92 Å². The van der Waals surface area contributed by atoms with Crippen molar-refractivity contribution in [3.05, 3.63) is 0 Å². The second-order valence-electron chi connectivity index (χ2n) is 7.17. The highest BCUT2D eigenvalue weighted by atomic mass is 16.7. The summed E-state index contributed by atoms with van der Waals surface area (Å²) in [6, 6.07) is 0. The molecule has 3 fully saturated rings. The van der Waals surface area contributed by atoms with E-state index in [4.69, 9.17) is 9.47 Å². The van der Waals surface area contributed by atoms with Gasteiger partial charge in [0.15, 0.2) is 6.29 Å². The maximum Gasteiger partial charge on any atom is 0.187 e. The third-order valence-corrected chi connectivity index (χ3v) is 5.56. The molecule has 1 heterocycles. The number of ether oxygens (including phenoxy) is 2. The van der Waals surface area contributed by atoms with Gasteiger partial charge in [-0.1, -0.05) is 0 Å². The zero-order valence-electron chi connectivity index (χ0n) is 13.3. The van der Waals surface area contributed by atoms with Crippen LogP contribution < -0.4 is 0 Å². The topological polar surface area (TPSA) is 201 Å². The molecule has 0 radical (unpaired) electrons. The van der Waals surface area contributed by atoms with Crippen LogP contribution in [0.25, 0.3) is 0 Å². The van der Waals surface area contributed by atoms with E-state index >= 15 is 0 Å². The highest BCUT2D eigenvalue weighted by molar-refractivity contribution is 5.18. The Kier molecular flexibility index (Phi) is 4.88.